The van der Waals surface area contributed by atoms with Crippen LogP contribution in [0, 0.1) is 0 Å². The number of hydrogen-bond acceptors (Lipinski definition) is 1. The van der Waals surface area contributed by atoms with Crippen molar-refractivity contribution in [2.75, 3.05) is 0 Å². The molecule has 1 amide bonds. The van der Waals surface area contributed by atoms with Gasteiger partial charge in [-0.05, 0) is 18.1 Å². The summed E-state index contributed by atoms with van der Waals surface area (Å²) < 4.78 is 1.84. The van der Waals surface area contributed by atoms with Gasteiger partial charge in [-0.2, -0.15) is 0 Å². The van der Waals surface area contributed by atoms with E-state index in [0.29, 0.717) is 11.6 Å². The molecule has 0 saturated heterocycles. The average Bonchev–Trinajstić information content (AvgIpc) is 2.30. The third-order valence-corrected chi connectivity index (χ3v) is 2.00. The van der Waals surface area contributed by atoms with E-state index in [4.69, 9.17) is 5.73 Å². The molecule has 1 heterocycles. The molecule has 0 aliphatic heterocycles. The molecule has 0 unspecified atom stereocenters. The minimum absolute atomic E-state index is 0.371. The molecule has 0 aromatic carbocycles. The zero-order valence-corrected chi connectivity index (χ0v) is 7.66. The van der Waals surface area contributed by atoms with Gasteiger partial charge in [-0.3, -0.25) is 4.79 Å². The summed E-state index contributed by atoms with van der Waals surface area (Å²) in [5.41, 5.74) is 6.87. The molecule has 66 valence electrons. The summed E-state index contributed by atoms with van der Waals surface area (Å²) in [5, 5.41) is 0. The number of amides is 1. The second-order valence-corrected chi connectivity index (χ2v) is 3.22. The monoisotopic (exact) mass is 166 g/mol. The molecule has 2 N–H and O–H groups in total. The van der Waals surface area contributed by atoms with Gasteiger partial charge in [-0.25, -0.2) is 0 Å². The maximum absolute atomic E-state index is 10.9. The van der Waals surface area contributed by atoms with E-state index in [1.54, 1.807) is 6.07 Å². The lowest BCUT2D eigenvalue weighted by molar-refractivity contribution is 0.0992. The van der Waals surface area contributed by atoms with E-state index in [1.165, 1.54) is 0 Å². The Labute approximate surface area is 72.2 Å². The molecule has 0 fully saturated rings. The van der Waals surface area contributed by atoms with Crippen LogP contribution in [0.15, 0.2) is 12.1 Å². The largest absolute Gasteiger partial charge is 0.364 e. The number of carbonyl (C=O) groups is 1. The lowest BCUT2D eigenvalue weighted by Crippen LogP contribution is -2.16. The smallest absolute Gasteiger partial charge is 0.265 e. The van der Waals surface area contributed by atoms with Crippen LogP contribution in [0.2, 0.25) is 0 Å². The highest BCUT2D eigenvalue weighted by Crippen LogP contribution is 2.16. The highest BCUT2D eigenvalue weighted by Gasteiger charge is 2.10. The number of rotatable bonds is 2. The quantitative estimate of drug-likeness (QED) is 0.706. The van der Waals surface area contributed by atoms with Crippen molar-refractivity contribution in [1.82, 2.24) is 4.57 Å². The van der Waals surface area contributed by atoms with Crippen LogP contribution < -0.4 is 5.73 Å². The summed E-state index contributed by atoms with van der Waals surface area (Å²) >= 11 is 0. The third-order valence-electron chi connectivity index (χ3n) is 2.00. The molecule has 0 saturated carbocycles. The topological polar surface area (TPSA) is 48.0 Å². The lowest BCUT2D eigenvalue weighted by atomic mass is 10.1. The number of hydrogen-bond donors (Lipinski definition) is 1. The van der Waals surface area contributed by atoms with Crippen LogP contribution in [0.1, 0.15) is 35.9 Å². The first-order valence-electron chi connectivity index (χ1n) is 3.99. The number of aromatic nitrogens is 1. The van der Waals surface area contributed by atoms with Crippen molar-refractivity contribution in [3.8, 4) is 0 Å². The van der Waals surface area contributed by atoms with Crippen molar-refractivity contribution in [2.45, 2.75) is 19.8 Å². The molecule has 3 nitrogen and oxygen atoms in total. The average molecular weight is 166 g/mol. The van der Waals surface area contributed by atoms with Crippen LogP contribution in [-0.4, -0.2) is 10.5 Å². The highest BCUT2D eigenvalue weighted by atomic mass is 16.1. The molecule has 0 aliphatic carbocycles. The molecular formula is C9H14N2O. The maximum Gasteiger partial charge on any atom is 0.265 e. The zero-order valence-electron chi connectivity index (χ0n) is 7.66. The Morgan fingerprint density at radius 3 is 2.33 bits per heavy atom. The first kappa shape index (κ1) is 8.84. The third kappa shape index (κ3) is 1.35. The summed E-state index contributed by atoms with van der Waals surface area (Å²) in [5.74, 6) is 0.0486. The van der Waals surface area contributed by atoms with Crippen molar-refractivity contribution in [2.24, 2.45) is 12.8 Å². The SMILES string of the molecule is CC(C)c1ccc(C(N)=O)n1C. The molecule has 0 atom stereocenters. The van der Waals surface area contributed by atoms with Crippen LogP contribution in [0.4, 0.5) is 0 Å². The van der Waals surface area contributed by atoms with Crippen LogP contribution in [-0.2, 0) is 7.05 Å². The summed E-state index contributed by atoms with van der Waals surface area (Å²) in [7, 11) is 1.86. The van der Waals surface area contributed by atoms with Crippen molar-refractivity contribution in [3.05, 3.63) is 23.5 Å². The Balaban J connectivity index is 3.13. The fourth-order valence-electron chi connectivity index (χ4n) is 1.35. The van der Waals surface area contributed by atoms with Gasteiger partial charge in [-0.15, -0.1) is 0 Å². The minimum atomic E-state index is -0.371. The van der Waals surface area contributed by atoms with Crippen LogP contribution in [0.3, 0.4) is 0 Å². The van der Waals surface area contributed by atoms with E-state index < -0.39 is 0 Å². The van der Waals surface area contributed by atoms with Gasteiger partial charge in [-0.1, -0.05) is 13.8 Å². The predicted molar refractivity (Wildman–Crippen MR) is 48.0 cm³/mol. The molecule has 1 rings (SSSR count). The second-order valence-electron chi connectivity index (χ2n) is 3.22. The summed E-state index contributed by atoms with van der Waals surface area (Å²) in [6.07, 6.45) is 0. The van der Waals surface area contributed by atoms with Gasteiger partial charge in [0.1, 0.15) is 5.69 Å². The molecule has 0 bridgehead atoms. The number of nitrogens with zero attached hydrogens (tertiary/aromatic N) is 1. The second kappa shape index (κ2) is 3.01. The van der Waals surface area contributed by atoms with E-state index in [2.05, 4.69) is 13.8 Å². The Morgan fingerprint density at radius 1 is 1.50 bits per heavy atom. The minimum Gasteiger partial charge on any atom is -0.364 e. The van der Waals surface area contributed by atoms with Gasteiger partial charge in [0.15, 0.2) is 0 Å². The van der Waals surface area contributed by atoms with Crippen LogP contribution in [0.5, 0.6) is 0 Å². The molecule has 0 radical (unpaired) electrons. The molecule has 3 heteroatoms. The van der Waals surface area contributed by atoms with Crippen molar-refractivity contribution < 1.29 is 4.79 Å². The fraction of sp³-hybridized carbons (Fsp3) is 0.444. The van der Waals surface area contributed by atoms with E-state index in [1.807, 2.05) is 17.7 Å². The van der Waals surface area contributed by atoms with Crippen molar-refractivity contribution in [1.29, 1.82) is 0 Å². The standard InChI is InChI=1S/C9H14N2O/c1-6(2)7-4-5-8(9(10)12)11(7)3/h4-6H,1-3H3,(H2,10,12). The first-order chi connectivity index (χ1) is 5.54. The van der Waals surface area contributed by atoms with Crippen molar-refractivity contribution >= 4 is 5.91 Å². The van der Waals surface area contributed by atoms with Gasteiger partial charge in [0.25, 0.3) is 5.91 Å². The summed E-state index contributed by atoms with van der Waals surface area (Å²) in [4.78, 5) is 10.9. The highest BCUT2D eigenvalue weighted by molar-refractivity contribution is 5.91. The van der Waals surface area contributed by atoms with Gasteiger partial charge in [0.05, 0.1) is 0 Å². The predicted octanol–water partition coefficient (Wildman–Crippen LogP) is 1.25. The fourth-order valence-corrected chi connectivity index (χ4v) is 1.35. The van der Waals surface area contributed by atoms with Crippen molar-refractivity contribution in [3.63, 3.8) is 0 Å². The Morgan fingerprint density at radius 2 is 2.08 bits per heavy atom. The normalized spacial score (nSPS) is 10.7. The first-order valence-corrected chi connectivity index (χ1v) is 3.99. The number of carbonyl (C=O) groups excluding carboxylic acids is 1. The van der Waals surface area contributed by atoms with Gasteiger partial charge < -0.3 is 10.3 Å². The molecule has 1 aromatic heterocycles. The van der Waals surface area contributed by atoms with Gasteiger partial charge in [0.2, 0.25) is 0 Å². The van der Waals surface area contributed by atoms with Gasteiger partial charge in [0, 0.05) is 12.7 Å². The van der Waals surface area contributed by atoms with Crippen LogP contribution in [0.25, 0.3) is 0 Å². The molecule has 12 heavy (non-hydrogen) atoms. The Kier molecular flexibility index (Phi) is 2.22. The van der Waals surface area contributed by atoms with E-state index in [-0.39, 0.29) is 5.91 Å². The maximum atomic E-state index is 10.9. The molecular weight excluding hydrogens is 152 g/mol. The Hall–Kier alpha value is -1.25. The van der Waals surface area contributed by atoms with E-state index >= 15 is 0 Å². The van der Waals surface area contributed by atoms with E-state index in [9.17, 15) is 4.79 Å². The zero-order chi connectivity index (χ0) is 9.30. The van der Waals surface area contributed by atoms with E-state index in [0.717, 1.165) is 5.69 Å². The summed E-state index contributed by atoms with van der Waals surface area (Å²) in [6.45, 7) is 4.17. The molecule has 0 aliphatic rings. The molecule has 1 aromatic rings. The number of primary amides is 1. The van der Waals surface area contributed by atoms with Gasteiger partial charge >= 0.3 is 0 Å². The lowest BCUT2D eigenvalue weighted by Gasteiger charge is -2.07. The number of nitrogens with two attached hydrogens (primary N) is 1. The Bertz CT molecular complexity index is 299. The summed E-state index contributed by atoms with van der Waals surface area (Å²) in [6, 6.07) is 3.70. The van der Waals surface area contributed by atoms with Crippen LogP contribution >= 0.6 is 0 Å². The molecule has 0 spiro atoms.